The number of carbonyl (C=O) groups is 1. The summed E-state index contributed by atoms with van der Waals surface area (Å²) in [4.78, 5) is 21.8. The van der Waals surface area contributed by atoms with E-state index in [1.165, 1.54) is 4.90 Å². The third-order valence-corrected chi connectivity index (χ3v) is 2.75. The van der Waals surface area contributed by atoms with Gasteiger partial charge in [-0.05, 0) is 12.1 Å². The summed E-state index contributed by atoms with van der Waals surface area (Å²) < 4.78 is 0. The molecule has 0 saturated carbocycles. The van der Waals surface area contributed by atoms with Crippen molar-refractivity contribution in [3.05, 3.63) is 42.4 Å². The molecule has 5 nitrogen and oxygen atoms in total. The van der Waals surface area contributed by atoms with E-state index in [2.05, 4.69) is 4.99 Å². The van der Waals surface area contributed by atoms with Gasteiger partial charge in [-0.2, -0.15) is 0 Å². The number of hydrogen-bond donors (Lipinski definition) is 0. The molecule has 5 heteroatoms. The zero-order valence-corrected chi connectivity index (χ0v) is 11.4. The number of hydrogen-bond acceptors (Lipinski definition) is 3. The number of anilines is 1. The van der Waals surface area contributed by atoms with E-state index in [1.807, 2.05) is 48.5 Å². The first-order chi connectivity index (χ1) is 9.09. The molecule has 0 fully saturated rings. The number of benzene rings is 1. The van der Waals surface area contributed by atoms with Crippen LogP contribution in [0.15, 0.2) is 47.3 Å². The highest BCUT2D eigenvalue weighted by molar-refractivity contribution is 5.95. The maximum atomic E-state index is 12.4. The van der Waals surface area contributed by atoms with Crippen LogP contribution in [-0.2, 0) is 0 Å². The molecule has 0 aliphatic carbocycles. The van der Waals surface area contributed by atoms with Gasteiger partial charge in [0.15, 0.2) is 5.82 Å². The summed E-state index contributed by atoms with van der Waals surface area (Å²) in [7, 11) is 5.42. The highest BCUT2D eigenvalue weighted by Gasteiger charge is 2.22. The average molecular weight is 258 g/mol. The number of amides is 2. The summed E-state index contributed by atoms with van der Waals surface area (Å²) in [5.41, 5.74) is 0.805. The Kier molecular flexibility index (Phi) is 3.85. The second-order valence-corrected chi connectivity index (χ2v) is 4.59. The van der Waals surface area contributed by atoms with E-state index in [0.29, 0.717) is 5.82 Å². The monoisotopic (exact) mass is 258 g/mol. The van der Waals surface area contributed by atoms with Crippen molar-refractivity contribution >= 4 is 17.9 Å². The zero-order chi connectivity index (χ0) is 13.8. The standard InChI is InChI=1S/C14H18N4O/c1-16(2)14(19)18(12-7-5-4-6-8-12)13-11-17(3)10-9-15-13/h4-9,11H,10H2,1-3H3. The molecule has 1 heterocycles. The van der Waals surface area contributed by atoms with E-state index in [4.69, 9.17) is 0 Å². The lowest BCUT2D eigenvalue weighted by Crippen LogP contribution is -2.39. The maximum absolute atomic E-state index is 12.4. The van der Waals surface area contributed by atoms with Crippen LogP contribution in [0.3, 0.4) is 0 Å². The van der Waals surface area contributed by atoms with Crippen LogP contribution in [-0.4, -0.2) is 49.7 Å². The van der Waals surface area contributed by atoms with Crippen molar-refractivity contribution in [3.8, 4) is 0 Å². The Hall–Kier alpha value is -2.30. The minimum absolute atomic E-state index is 0.120. The van der Waals surface area contributed by atoms with Crippen LogP contribution >= 0.6 is 0 Å². The molecule has 0 unspecified atom stereocenters. The van der Waals surface area contributed by atoms with Gasteiger partial charge in [-0.3, -0.25) is 0 Å². The molecule has 0 atom stereocenters. The molecule has 0 bridgehead atoms. The Morgan fingerprint density at radius 1 is 1.26 bits per heavy atom. The third-order valence-electron chi connectivity index (χ3n) is 2.75. The van der Waals surface area contributed by atoms with Gasteiger partial charge in [-0.1, -0.05) is 18.2 Å². The molecule has 0 radical (unpaired) electrons. The van der Waals surface area contributed by atoms with E-state index in [0.717, 1.165) is 12.2 Å². The van der Waals surface area contributed by atoms with Crippen molar-refractivity contribution < 1.29 is 4.79 Å². The summed E-state index contributed by atoms with van der Waals surface area (Å²) in [6.07, 6.45) is 3.67. The SMILES string of the molecule is CN1C=C(N(C(=O)N(C)C)c2ccccc2)N=CC1. The minimum atomic E-state index is -0.120. The van der Waals surface area contributed by atoms with Gasteiger partial charge in [-0.25, -0.2) is 14.7 Å². The summed E-state index contributed by atoms with van der Waals surface area (Å²) in [6.45, 7) is 0.752. The van der Waals surface area contributed by atoms with Crippen molar-refractivity contribution in [1.82, 2.24) is 9.80 Å². The number of rotatable bonds is 2. The molecule has 0 saturated heterocycles. The van der Waals surface area contributed by atoms with Gasteiger partial charge in [0, 0.05) is 33.6 Å². The van der Waals surface area contributed by atoms with Gasteiger partial charge in [-0.15, -0.1) is 0 Å². The summed E-state index contributed by atoms with van der Waals surface area (Å²) in [5.74, 6) is 0.624. The minimum Gasteiger partial charge on any atom is -0.372 e. The topological polar surface area (TPSA) is 39.1 Å². The lowest BCUT2D eigenvalue weighted by Gasteiger charge is -2.29. The fraction of sp³-hybridized carbons (Fsp3) is 0.286. The fourth-order valence-corrected chi connectivity index (χ4v) is 1.78. The Morgan fingerprint density at radius 2 is 1.95 bits per heavy atom. The molecule has 19 heavy (non-hydrogen) atoms. The van der Waals surface area contributed by atoms with Crippen LogP contribution in [0.25, 0.3) is 0 Å². The highest BCUT2D eigenvalue weighted by Crippen LogP contribution is 2.22. The Morgan fingerprint density at radius 3 is 2.53 bits per heavy atom. The molecule has 1 aromatic rings. The van der Waals surface area contributed by atoms with Crippen molar-refractivity contribution in [1.29, 1.82) is 0 Å². The zero-order valence-electron chi connectivity index (χ0n) is 11.4. The molecule has 2 rings (SSSR count). The Bertz CT molecular complexity index is 507. The van der Waals surface area contributed by atoms with Gasteiger partial charge in [0.1, 0.15) is 0 Å². The normalized spacial score (nSPS) is 14.1. The molecule has 100 valence electrons. The number of carbonyl (C=O) groups excluding carboxylic acids is 1. The van der Waals surface area contributed by atoms with E-state index in [1.54, 1.807) is 25.2 Å². The first-order valence-electron chi connectivity index (χ1n) is 6.10. The first-order valence-corrected chi connectivity index (χ1v) is 6.10. The van der Waals surface area contributed by atoms with Gasteiger partial charge in [0.05, 0.1) is 12.2 Å². The predicted molar refractivity (Wildman–Crippen MR) is 77.2 cm³/mol. The van der Waals surface area contributed by atoms with Crippen LogP contribution in [0.4, 0.5) is 10.5 Å². The smallest absolute Gasteiger partial charge is 0.329 e. The van der Waals surface area contributed by atoms with Crippen LogP contribution in [0.1, 0.15) is 0 Å². The molecular formula is C14H18N4O. The first kappa shape index (κ1) is 13.1. The maximum Gasteiger partial charge on any atom is 0.329 e. The van der Waals surface area contributed by atoms with Crippen LogP contribution in [0.5, 0.6) is 0 Å². The summed E-state index contributed by atoms with van der Waals surface area (Å²) in [6, 6.07) is 9.40. The molecule has 0 N–H and O–H groups in total. The quantitative estimate of drug-likeness (QED) is 0.813. The van der Waals surface area contributed by atoms with E-state index < -0.39 is 0 Å². The van der Waals surface area contributed by atoms with Crippen LogP contribution in [0.2, 0.25) is 0 Å². The van der Waals surface area contributed by atoms with Gasteiger partial charge in [0.25, 0.3) is 0 Å². The van der Waals surface area contributed by atoms with Crippen molar-refractivity contribution in [2.75, 3.05) is 32.6 Å². The molecule has 1 aliphatic heterocycles. The van der Waals surface area contributed by atoms with Crippen molar-refractivity contribution in [2.45, 2.75) is 0 Å². The molecule has 1 aromatic carbocycles. The van der Waals surface area contributed by atoms with Gasteiger partial charge in [0.2, 0.25) is 0 Å². The van der Waals surface area contributed by atoms with Crippen molar-refractivity contribution in [2.24, 2.45) is 4.99 Å². The third kappa shape index (κ3) is 2.93. The predicted octanol–water partition coefficient (Wildman–Crippen LogP) is 1.99. The summed E-state index contributed by atoms with van der Waals surface area (Å²) in [5, 5.41) is 0. The lowest BCUT2D eigenvalue weighted by molar-refractivity contribution is 0.225. The number of para-hydroxylation sites is 1. The molecule has 0 spiro atoms. The average Bonchev–Trinajstić information content (AvgIpc) is 2.40. The van der Waals surface area contributed by atoms with Crippen LogP contribution < -0.4 is 4.90 Å². The van der Waals surface area contributed by atoms with Crippen LogP contribution in [0, 0.1) is 0 Å². The molecule has 0 aromatic heterocycles. The van der Waals surface area contributed by atoms with Gasteiger partial charge >= 0.3 is 6.03 Å². The number of aliphatic imine (C=N–C) groups is 1. The van der Waals surface area contributed by atoms with E-state index in [9.17, 15) is 4.79 Å². The molecule has 1 aliphatic rings. The second kappa shape index (κ2) is 5.56. The molecule has 2 amide bonds. The lowest BCUT2D eigenvalue weighted by atomic mass is 10.3. The highest BCUT2D eigenvalue weighted by atomic mass is 16.2. The van der Waals surface area contributed by atoms with E-state index in [-0.39, 0.29) is 6.03 Å². The molecular weight excluding hydrogens is 240 g/mol. The number of nitrogens with zero attached hydrogens (tertiary/aromatic N) is 4. The largest absolute Gasteiger partial charge is 0.372 e. The Balaban J connectivity index is 2.41. The van der Waals surface area contributed by atoms with Crippen molar-refractivity contribution in [3.63, 3.8) is 0 Å². The fourth-order valence-electron chi connectivity index (χ4n) is 1.78. The van der Waals surface area contributed by atoms with E-state index >= 15 is 0 Å². The second-order valence-electron chi connectivity index (χ2n) is 4.59. The Labute approximate surface area is 113 Å². The summed E-state index contributed by atoms with van der Waals surface area (Å²) >= 11 is 0. The number of urea groups is 1. The van der Waals surface area contributed by atoms with Gasteiger partial charge < -0.3 is 9.80 Å².